The van der Waals surface area contributed by atoms with E-state index < -0.39 is 10.0 Å². The van der Waals surface area contributed by atoms with E-state index in [0.717, 1.165) is 17.5 Å². The number of nitrogens with zero attached hydrogens (tertiary/aromatic N) is 1. The van der Waals surface area contributed by atoms with Gasteiger partial charge in [-0.25, -0.2) is 8.42 Å². The van der Waals surface area contributed by atoms with Gasteiger partial charge in [0, 0.05) is 25.2 Å². The van der Waals surface area contributed by atoms with Crippen LogP contribution < -0.4 is 9.46 Å². The fourth-order valence-electron chi connectivity index (χ4n) is 3.09. The second kappa shape index (κ2) is 7.78. The normalized spacial score (nSPS) is 13.8. The van der Waals surface area contributed by atoms with Crippen LogP contribution in [0.4, 0.5) is 5.69 Å². The number of carbonyl (C=O) groups excluding carboxylic acids is 1. The van der Waals surface area contributed by atoms with Crippen LogP contribution in [-0.2, 0) is 27.8 Å². The predicted molar refractivity (Wildman–Crippen MR) is 105 cm³/mol. The van der Waals surface area contributed by atoms with E-state index >= 15 is 0 Å². The summed E-state index contributed by atoms with van der Waals surface area (Å²) in [5.74, 6) is 0.504. The lowest BCUT2D eigenvalue weighted by molar-refractivity contribution is -0.131. The van der Waals surface area contributed by atoms with Gasteiger partial charge in [0.2, 0.25) is 5.91 Å². The van der Waals surface area contributed by atoms with Crippen molar-refractivity contribution in [3.8, 4) is 5.75 Å². The molecule has 1 amide bonds. The number of ether oxygens (including phenoxy) is 1. The lowest BCUT2D eigenvalue weighted by Gasteiger charge is -2.29. The van der Waals surface area contributed by atoms with E-state index in [1.54, 1.807) is 17.0 Å². The third-order valence-electron chi connectivity index (χ3n) is 4.56. The molecule has 1 aliphatic rings. The highest BCUT2D eigenvalue weighted by Crippen LogP contribution is 2.29. The molecule has 0 saturated heterocycles. The number of sulfonamides is 1. The van der Waals surface area contributed by atoms with Gasteiger partial charge in [-0.2, -0.15) is 0 Å². The molecule has 2 aromatic carbocycles. The fraction of sp³-hybridized carbons (Fsp3) is 0.316. The standard InChI is InChI=1S/C19H21ClN2O4S/c1-3-19(23)22-9-8-13-4-5-15(10-14(13)12-22)21-27(24,25)16-6-7-18(26-2)17(20)11-16/h4-7,10-11,21H,3,8-9,12H2,1-2H3. The van der Waals surface area contributed by atoms with Crippen molar-refractivity contribution in [2.75, 3.05) is 18.4 Å². The average Bonchev–Trinajstić information content (AvgIpc) is 2.66. The summed E-state index contributed by atoms with van der Waals surface area (Å²) >= 11 is 6.04. The lowest BCUT2D eigenvalue weighted by atomic mass is 9.99. The van der Waals surface area contributed by atoms with Gasteiger partial charge in [-0.05, 0) is 47.9 Å². The van der Waals surface area contributed by atoms with Crippen molar-refractivity contribution in [2.45, 2.75) is 31.2 Å². The molecule has 1 N–H and O–H groups in total. The number of hydrogen-bond acceptors (Lipinski definition) is 4. The number of anilines is 1. The van der Waals surface area contributed by atoms with Crippen molar-refractivity contribution in [3.63, 3.8) is 0 Å². The summed E-state index contributed by atoms with van der Waals surface area (Å²) < 4.78 is 33.0. The lowest BCUT2D eigenvalue weighted by Crippen LogP contribution is -2.35. The van der Waals surface area contributed by atoms with Crippen molar-refractivity contribution >= 4 is 33.2 Å². The number of rotatable bonds is 5. The first-order valence-corrected chi connectivity index (χ1v) is 10.5. The molecular weight excluding hydrogens is 388 g/mol. The molecule has 6 nitrogen and oxygen atoms in total. The summed E-state index contributed by atoms with van der Waals surface area (Å²) in [4.78, 5) is 13.8. The first-order chi connectivity index (χ1) is 12.8. The van der Waals surface area contributed by atoms with Crippen LogP contribution in [0.2, 0.25) is 5.02 Å². The second-order valence-corrected chi connectivity index (χ2v) is 8.39. The predicted octanol–water partition coefficient (Wildman–Crippen LogP) is 3.44. The Kier molecular flexibility index (Phi) is 5.62. The highest BCUT2D eigenvalue weighted by atomic mass is 35.5. The van der Waals surface area contributed by atoms with Crippen LogP contribution in [0.5, 0.6) is 5.75 Å². The number of methoxy groups -OCH3 is 1. The molecule has 1 heterocycles. The Morgan fingerprint density at radius 2 is 2.00 bits per heavy atom. The number of hydrogen-bond donors (Lipinski definition) is 1. The maximum absolute atomic E-state index is 12.7. The fourth-order valence-corrected chi connectivity index (χ4v) is 4.48. The second-order valence-electron chi connectivity index (χ2n) is 6.30. The first kappa shape index (κ1) is 19.5. The minimum absolute atomic E-state index is 0.0498. The summed E-state index contributed by atoms with van der Waals surface area (Å²) in [6.07, 6.45) is 1.22. The van der Waals surface area contributed by atoms with Gasteiger partial charge in [0.05, 0.1) is 17.0 Å². The Hall–Kier alpha value is -2.25. The van der Waals surface area contributed by atoms with E-state index in [1.807, 2.05) is 13.0 Å². The molecular formula is C19H21ClN2O4S. The van der Waals surface area contributed by atoms with Crippen LogP contribution in [0.25, 0.3) is 0 Å². The summed E-state index contributed by atoms with van der Waals surface area (Å²) in [5, 5.41) is 0.222. The van der Waals surface area contributed by atoms with E-state index in [9.17, 15) is 13.2 Å². The molecule has 1 aliphatic heterocycles. The molecule has 0 spiro atoms. The number of fused-ring (bicyclic) bond motifs is 1. The summed E-state index contributed by atoms with van der Waals surface area (Å²) in [5.41, 5.74) is 2.54. The zero-order valence-electron chi connectivity index (χ0n) is 15.2. The number of halogens is 1. The minimum atomic E-state index is -3.79. The Morgan fingerprint density at radius 1 is 1.22 bits per heavy atom. The van der Waals surface area contributed by atoms with Crippen LogP contribution in [0.1, 0.15) is 24.5 Å². The van der Waals surface area contributed by atoms with E-state index in [0.29, 0.717) is 30.9 Å². The van der Waals surface area contributed by atoms with Gasteiger partial charge in [-0.1, -0.05) is 24.6 Å². The third kappa shape index (κ3) is 4.20. The summed E-state index contributed by atoms with van der Waals surface area (Å²) in [6.45, 7) is 3.02. The molecule has 0 saturated carbocycles. The Morgan fingerprint density at radius 3 is 2.67 bits per heavy atom. The Labute approximate surface area is 164 Å². The van der Waals surface area contributed by atoms with E-state index in [1.165, 1.54) is 25.3 Å². The monoisotopic (exact) mass is 408 g/mol. The molecule has 0 unspecified atom stereocenters. The quantitative estimate of drug-likeness (QED) is 0.822. The molecule has 27 heavy (non-hydrogen) atoms. The van der Waals surface area contributed by atoms with Crippen LogP contribution in [0.3, 0.4) is 0 Å². The molecule has 0 aromatic heterocycles. The topological polar surface area (TPSA) is 75.7 Å². The van der Waals surface area contributed by atoms with E-state index in [4.69, 9.17) is 16.3 Å². The molecule has 144 valence electrons. The first-order valence-electron chi connectivity index (χ1n) is 8.60. The molecule has 8 heteroatoms. The van der Waals surface area contributed by atoms with Crippen LogP contribution >= 0.6 is 11.6 Å². The maximum Gasteiger partial charge on any atom is 0.261 e. The van der Waals surface area contributed by atoms with Gasteiger partial charge < -0.3 is 9.64 Å². The Bertz CT molecular complexity index is 976. The molecule has 0 bridgehead atoms. The zero-order chi connectivity index (χ0) is 19.6. The third-order valence-corrected chi connectivity index (χ3v) is 6.23. The van der Waals surface area contributed by atoms with Gasteiger partial charge in [0.1, 0.15) is 5.75 Å². The average molecular weight is 409 g/mol. The van der Waals surface area contributed by atoms with E-state index in [-0.39, 0.29) is 15.8 Å². The number of carbonyl (C=O) groups is 1. The molecule has 0 atom stereocenters. The number of benzene rings is 2. The highest BCUT2D eigenvalue weighted by molar-refractivity contribution is 7.92. The molecule has 0 fully saturated rings. The zero-order valence-corrected chi connectivity index (χ0v) is 16.7. The van der Waals surface area contributed by atoms with Crippen molar-refractivity contribution in [2.24, 2.45) is 0 Å². The van der Waals surface area contributed by atoms with Crippen LogP contribution in [0.15, 0.2) is 41.3 Å². The van der Waals surface area contributed by atoms with Crippen molar-refractivity contribution < 1.29 is 17.9 Å². The molecule has 3 rings (SSSR count). The maximum atomic E-state index is 12.7. The number of nitrogens with one attached hydrogen (secondary N) is 1. The number of amides is 1. The van der Waals surface area contributed by atoms with Crippen LogP contribution in [0, 0.1) is 0 Å². The van der Waals surface area contributed by atoms with Gasteiger partial charge >= 0.3 is 0 Å². The Balaban J connectivity index is 1.84. The largest absolute Gasteiger partial charge is 0.495 e. The summed E-state index contributed by atoms with van der Waals surface area (Å²) in [6, 6.07) is 9.72. The SMILES string of the molecule is CCC(=O)N1CCc2ccc(NS(=O)(=O)c3ccc(OC)c(Cl)c3)cc2C1. The summed E-state index contributed by atoms with van der Waals surface area (Å²) in [7, 11) is -2.33. The minimum Gasteiger partial charge on any atom is -0.495 e. The van der Waals surface area contributed by atoms with Gasteiger partial charge in [-0.3, -0.25) is 9.52 Å². The van der Waals surface area contributed by atoms with Crippen molar-refractivity contribution in [1.82, 2.24) is 4.90 Å². The smallest absolute Gasteiger partial charge is 0.261 e. The van der Waals surface area contributed by atoms with Crippen molar-refractivity contribution in [1.29, 1.82) is 0 Å². The molecule has 2 aromatic rings. The van der Waals surface area contributed by atoms with Crippen LogP contribution in [-0.4, -0.2) is 32.9 Å². The molecule has 0 aliphatic carbocycles. The highest BCUT2D eigenvalue weighted by Gasteiger charge is 2.21. The van der Waals surface area contributed by atoms with Gasteiger partial charge in [0.15, 0.2) is 0 Å². The molecule has 0 radical (unpaired) electrons. The van der Waals surface area contributed by atoms with Gasteiger partial charge in [0.25, 0.3) is 10.0 Å². The van der Waals surface area contributed by atoms with Gasteiger partial charge in [-0.15, -0.1) is 0 Å². The van der Waals surface area contributed by atoms with Crippen molar-refractivity contribution in [3.05, 3.63) is 52.5 Å². The van der Waals surface area contributed by atoms with E-state index in [2.05, 4.69) is 4.72 Å².